The fourth-order valence-corrected chi connectivity index (χ4v) is 1.40. The molecule has 0 aliphatic heterocycles. The van der Waals surface area contributed by atoms with Crippen LogP contribution in [0.2, 0.25) is 0 Å². The molecule has 0 N–H and O–H groups in total. The lowest BCUT2D eigenvalue weighted by molar-refractivity contribution is 0.100. The highest BCUT2D eigenvalue weighted by Gasteiger charge is 2.07. The first-order valence-corrected chi connectivity index (χ1v) is 4.94. The summed E-state index contributed by atoms with van der Waals surface area (Å²) in [7, 11) is 0. The molecule has 0 aliphatic carbocycles. The van der Waals surface area contributed by atoms with Gasteiger partial charge < -0.3 is 0 Å². The molecule has 0 aromatic carbocycles. The third-order valence-corrected chi connectivity index (χ3v) is 2.15. The number of hydrogen-bond acceptors (Lipinski definition) is 4. The van der Waals surface area contributed by atoms with Gasteiger partial charge in [0.25, 0.3) is 0 Å². The quantitative estimate of drug-likeness (QED) is 0.716. The predicted octanol–water partition coefficient (Wildman–Crippen LogP) is 2.05. The third-order valence-electron chi connectivity index (χ3n) is 2.15. The number of ketones is 1. The Labute approximate surface area is 93.4 Å². The molecule has 2 aromatic rings. The fraction of sp³-hybridized carbons (Fsp3) is 0.167. The largest absolute Gasteiger partial charge is 0.291 e. The maximum atomic E-state index is 11.2. The summed E-state index contributed by atoms with van der Waals surface area (Å²) in [5.41, 5.74) is 2.47. The van der Waals surface area contributed by atoms with E-state index >= 15 is 0 Å². The first-order valence-electron chi connectivity index (χ1n) is 4.94. The molecule has 0 fully saturated rings. The van der Waals surface area contributed by atoms with Crippen LogP contribution in [0.3, 0.4) is 0 Å². The zero-order chi connectivity index (χ0) is 11.5. The van der Waals surface area contributed by atoms with Gasteiger partial charge in [0, 0.05) is 30.6 Å². The molecular formula is C12H11N3O. The van der Waals surface area contributed by atoms with E-state index in [1.807, 2.05) is 25.1 Å². The van der Waals surface area contributed by atoms with E-state index in [-0.39, 0.29) is 11.6 Å². The van der Waals surface area contributed by atoms with Gasteiger partial charge in [0.2, 0.25) is 0 Å². The van der Waals surface area contributed by atoms with Gasteiger partial charge in [-0.2, -0.15) is 0 Å². The Morgan fingerprint density at radius 1 is 1.19 bits per heavy atom. The maximum absolute atomic E-state index is 11.2. The van der Waals surface area contributed by atoms with Crippen molar-refractivity contribution < 1.29 is 4.79 Å². The summed E-state index contributed by atoms with van der Waals surface area (Å²) in [6, 6.07) is 5.55. The second-order valence-corrected chi connectivity index (χ2v) is 3.51. The Bertz CT molecular complexity index is 523. The lowest BCUT2D eigenvalue weighted by atomic mass is 10.1. The fourth-order valence-electron chi connectivity index (χ4n) is 1.40. The van der Waals surface area contributed by atoms with Crippen LogP contribution in [0, 0.1) is 6.92 Å². The maximum Gasteiger partial charge on any atom is 0.196 e. The minimum atomic E-state index is -0.126. The van der Waals surface area contributed by atoms with Gasteiger partial charge in [-0.25, -0.2) is 9.97 Å². The molecule has 4 nitrogen and oxygen atoms in total. The molecule has 0 amide bonds. The normalized spacial score (nSPS) is 10.1. The van der Waals surface area contributed by atoms with Crippen molar-refractivity contribution in [3.05, 3.63) is 42.1 Å². The number of pyridine rings is 1. The second-order valence-electron chi connectivity index (χ2n) is 3.51. The number of aromatic nitrogens is 3. The standard InChI is InChI=1S/C12H11N3O/c1-8-7-11(10-3-5-13-6-4-10)15-12(14-8)9(2)16/h3-7H,1-2H3. The van der Waals surface area contributed by atoms with Crippen molar-refractivity contribution in [1.82, 2.24) is 15.0 Å². The van der Waals surface area contributed by atoms with Crippen molar-refractivity contribution in [2.24, 2.45) is 0 Å². The highest BCUT2D eigenvalue weighted by molar-refractivity contribution is 5.90. The summed E-state index contributed by atoms with van der Waals surface area (Å²) in [5, 5.41) is 0. The lowest BCUT2D eigenvalue weighted by Gasteiger charge is -2.03. The van der Waals surface area contributed by atoms with Crippen molar-refractivity contribution in [3.63, 3.8) is 0 Å². The monoisotopic (exact) mass is 213 g/mol. The molecule has 0 atom stereocenters. The summed E-state index contributed by atoms with van der Waals surface area (Å²) in [6.45, 7) is 3.31. The minimum absolute atomic E-state index is 0.126. The van der Waals surface area contributed by atoms with Crippen LogP contribution in [0.25, 0.3) is 11.3 Å². The molecular weight excluding hydrogens is 202 g/mol. The SMILES string of the molecule is CC(=O)c1nc(C)cc(-c2ccncc2)n1. The van der Waals surface area contributed by atoms with E-state index in [9.17, 15) is 4.79 Å². The summed E-state index contributed by atoms with van der Waals surface area (Å²) < 4.78 is 0. The van der Waals surface area contributed by atoms with Gasteiger partial charge in [0.05, 0.1) is 5.69 Å². The Morgan fingerprint density at radius 2 is 1.88 bits per heavy atom. The van der Waals surface area contributed by atoms with Gasteiger partial charge in [0.1, 0.15) is 0 Å². The summed E-state index contributed by atoms with van der Waals surface area (Å²) in [5.74, 6) is 0.130. The number of rotatable bonds is 2. The Hall–Kier alpha value is -2.10. The molecule has 0 unspecified atom stereocenters. The molecule has 2 aromatic heterocycles. The number of carbonyl (C=O) groups is 1. The van der Waals surface area contributed by atoms with Crippen LogP contribution < -0.4 is 0 Å². The molecule has 16 heavy (non-hydrogen) atoms. The van der Waals surface area contributed by atoms with Crippen molar-refractivity contribution in [2.45, 2.75) is 13.8 Å². The molecule has 0 saturated carbocycles. The van der Waals surface area contributed by atoms with Crippen molar-refractivity contribution in [3.8, 4) is 11.3 Å². The van der Waals surface area contributed by atoms with Crippen LogP contribution in [0.5, 0.6) is 0 Å². The zero-order valence-electron chi connectivity index (χ0n) is 9.14. The number of nitrogens with zero attached hydrogens (tertiary/aromatic N) is 3. The molecule has 0 radical (unpaired) electrons. The molecule has 2 heterocycles. The molecule has 0 bridgehead atoms. The van der Waals surface area contributed by atoms with E-state index in [0.717, 1.165) is 17.0 Å². The molecule has 80 valence electrons. The van der Waals surface area contributed by atoms with Gasteiger partial charge in [-0.1, -0.05) is 0 Å². The molecule has 2 rings (SSSR count). The predicted molar refractivity (Wildman–Crippen MR) is 60.0 cm³/mol. The van der Waals surface area contributed by atoms with E-state index < -0.39 is 0 Å². The summed E-state index contributed by atoms with van der Waals surface area (Å²) in [4.78, 5) is 23.5. The van der Waals surface area contributed by atoms with Crippen LogP contribution in [0.15, 0.2) is 30.6 Å². The van der Waals surface area contributed by atoms with Gasteiger partial charge >= 0.3 is 0 Å². The molecule has 0 spiro atoms. The number of carbonyl (C=O) groups excluding carboxylic acids is 1. The molecule has 0 saturated heterocycles. The second kappa shape index (κ2) is 4.18. The Balaban J connectivity index is 2.54. The van der Waals surface area contributed by atoms with Gasteiger partial charge in [-0.3, -0.25) is 9.78 Å². The topological polar surface area (TPSA) is 55.7 Å². The van der Waals surface area contributed by atoms with Crippen LogP contribution in [0.4, 0.5) is 0 Å². The molecule has 0 aliphatic rings. The van der Waals surface area contributed by atoms with Gasteiger partial charge in [-0.15, -0.1) is 0 Å². The van der Waals surface area contributed by atoms with E-state index in [1.54, 1.807) is 12.4 Å². The lowest BCUT2D eigenvalue weighted by Crippen LogP contribution is -2.03. The first kappa shape index (κ1) is 10.4. The van der Waals surface area contributed by atoms with E-state index in [4.69, 9.17) is 0 Å². The van der Waals surface area contributed by atoms with Crippen LogP contribution in [0.1, 0.15) is 23.2 Å². The van der Waals surface area contributed by atoms with E-state index in [2.05, 4.69) is 15.0 Å². The Kier molecular flexibility index (Phi) is 2.72. The smallest absolute Gasteiger partial charge is 0.196 e. The number of aryl methyl sites for hydroxylation is 1. The van der Waals surface area contributed by atoms with Crippen molar-refractivity contribution >= 4 is 5.78 Å². The van der Waals surface area contributed by atoms with Crippen LogP contribution in [-0.4, -0.2) is 20.7 Å². The highest BCUT2D eigenvalue weighted by Crippen LogP contribution is 2.16. The van der Waals surface area contributed by atoms with Crippen molar-refractivity contribution in [2.75, 3.05) is 0 Å². The van der Waals surface area contributed by atoms with Crippen LogP contribution in [-0.2, 0) is 0 Å². The average Bonchev–Trinajstić information content (AvgIpc) is 2.29. The zero-order valence-corrected chi connectivity index (χ0v) is 9.14. The van der Waals surface area contributed by atoms with Crippen LogP contribution >= 0.6 is 0 Å². The van der Waals surface area contributed by atoms with Gasteiger partial charge in [0.15, 0.2) is 11.6 Å². The van der Waals surface area contributed by atoms with Crippen molar-refractivity contribution in [1.29, 1.82) is 0 Å². The number of hydrogen-bond donors (Lipinski definition) is 0. The molecule has 4 heteroatoms. The highest BCUT2D eigenvalue weighted by atomic mass is 16.1. The third kappa shape index (κ3) is 2.11. The Morgan fingerprint density at radius 3 is 2.50 bits per heavy atom. The first-order chi connectivity index (χ1) is 7.66. The van der Waals surface area contributed by atoms with E-state index in [0.29, 0.717) is 0 Å². The van der Waals surface area contributed by atoms with Gasteiger partial charge in [-0.05, 0) is 25.1 Å². The van der Waals surface area contributed by atoms with E-state index in [1.165, 1.54) is 6.92 Å². The summed E-state index contributed by atoms with van der Waals surface area (Å²) >= 11 is 0. The average molecular weight is 213 g/mol. The number of Topliss-reactive ketones (excluding diaryl/α,β-unsaturated/α-hetero) is 1. The minimum Gasteiger partial charge on any atom is -0.291 e. The summed E-state index contributed by atoms with van der Waals surface area (Å²) in [6.07, 6.45) is 3.39.